The Kier molecular flexibility index (Phi) is 11.0. The quantitative estimate of drug-likeness (QED) is 0.334. The molecule has 0 aliphatic carbocycles. The van der Waals surface area contributed by atoms with Crippen molar-refractivity contribution >= 4 is 11.9 Å². The molecule has 0 unspecified atom stereocenters. The maximum atomic E-state index is 13.0. The van der Waals surface area contributed by atoms with Crippen LogP contribution in [0, 0.1) is 0 Å². The summed E-state index contributed by atoms with van der Waals surface area (Å²) < 4.78 is 62.4. The molecule has 13 heteroatoms. The number of urea groups is 1. The van der Waals surface area contributed by atoms with Gasteiger partial charge in [0.25, 0.3) is 5.91 Å². The van der Waals surface area contributed by atoms with Crippen molar-refractivity contribution in [2.45, 2.75) is 37.9 Å². The van der Waals surface area contributed by atoms with Gasteiger partial charge in [0.05, 0.1) is 30.9 Å². The van der Waals surface area contributed by atoms with Gasteiger partial charge in [-0.3, -0.25) is 9.69 Å². The van der Waals surface area contributed by atoms with E-state index in [0.717, 1.165) is 23.3 Å². The van der Waals surface area contributed by atoms with Crippen LogP contribution in [-0.4, -0.2) is 75.5 Å². The average Bonchev–Trinajstić information content (AvgIpc) is 3.02. The lowest BCUT2D eigenvalue weighted by Crippen LogP contribution is -2.56. The first-order chi connectivity index (χ1) is 22.2. The van der Waals surface area contributed by atoms with E-state index in [2.05, 4.69) is 20.9 Å². The van der Waals surface area contributed by atoms with Crippen molar-refractivity contribution in [3.05, 3.63) is 89.0 Å². The van der Waals surface area contributed by atoms with E-state index in [9.17, 15) is 22.8 Å². The van der Waals surface area contributed by atoms with Crippen LogP contribution in [0.2, 0.25) is 0 Å². The number of halogens is 3. The van der Waals surface area contributed by atoms with E-state index in [0.29, 0.717) is 55.5 Å². The first kappa shape index (κ1) is 33.0. The molecule has 246 valence electrons. The largest absolute Gasteiger partial charge is 0.491 e. The number of amides is 3. The highest BCUT2D eigenvalue weighted by Gasteiger charge is 2.32. The van der Waals surface area contributed by atoms with Gasteiger partial charge in [0.15, 0.2) is 0 Å². The number of piperidine rings is 1. The van der Waals surface area contributed by atoms with Crippen LogP contribution in [0.3, 0.4) is 0 Å². The van der Waals surface area contributed by atoms with E-state index in [1.807, 2.05) is 18.2 Å². The molecule has 1 fully saturated rings. The normalized spacial score (nSPS) is 19.7. The Labute approximate surface area is 265 Å². The predicted octanol–water partition coefficient (Wildman–Crippen LogP) is 4.73. The first-order valence-corrected chi connectivity index (χ1v) is 15.0. The molecular formula is C33H37F3N4O6. The van der Waals surface area contributed by atoms with Crippen molar-refractivity contribution < 1.29 is 41.7 Å². The van der Waals surface area contributed by atoms with E-state index in [1.165, 1.54) is 12.1 Å². The number of fused-ring (bicyclic) bond motifs is 5. The molecule has 0 aromatic heterocycles. The van der Waals surface area contributed by atoms with Gasteiger partial charge in [0.1, 0.15) is 23.9 Å². The van der Waals surface area contributed by atoms with Crippen LogP contribution in [0.4, 0.5) is 18.0 Å². The second kappa shape index (κ2) is 15.3. The molecule has 1 saturated heterocycles. The molecule has 2 aliphatic rings. The highest BCUT2D eigenvalue weighted by molar-refractivity contribution is 5.95. The first-order valence-electron chi connectivity index (χ1n) is 15.0. The van der Waals surface area contributed by atoms with Crippen molar-refractivity contribution in [3.8, 4) is 17.2 Å². The van der Waals surface area contributed by atoms with E-state index >= 15 is 0 Å². The van der Waals surface area contributed by atoms with E-state index in [4.69, 9.17) is 18.9 Å². The molecule has 5 rings (SSSR count). The SMILES string of the molecule is COCCOc1cc2cc(c1)C(=O)NCCNC(=O)N[C@H]1CCN(Cc3ccc(C(F)(F)F)cc3)C[C@@H]1OCc1cccc(c1)O2. The average molecular weight is 643 g/mol. The maximum Gasteiger partial charge on any atom is 0.416 e. The van der Waals surface area contributed by atoms with Crippen LogP contribution in [-0.2, 0) is 28.8 Å². The van der Waals surface area contributed by atoms with E-state index in [-0.39, 0.29) is 38.3 Å². The minimum atomic E-state index is -4.39. The molecule has 3 aromatic rings. The molecule has 10 nitrogen and oxygen atoms in total. The highest BCUT2D eigenvalue weighted by Crippen LogP contribution is 2.30. The molecule has 0 saturated carbocycles. The summed E-state index contributed by atoms with van der Waals surface area (Å²) in [6.07, 6.45) is -4.22. The minimum absolute atomic E-state index is 0.185. The summed E-state index contributed by atoms with van der Waals surface area (Å²) >= 11 is 0. The lowest BCUT2D eigenvalue weighted by atomic mass is 10.0. The Morgan fingerprint density at radius 1 is 0.957 bits per heavy atom. The van der Waals surface area contributed by atoms with Crippen molar-refractivity contribution in [3.63, 3.8) is 0 Å². The summed E-state index contributed by atoms with van der Waals surface area (Å²) in [5.41, 5.74) is 1.22. The number of hydrogen-bond acceptors (Lipinski definition) is 7. The number of alkyl halides is 3. The van der Waals surface area contributed by atoms with Gasteiger partial charge in [-0.15, -0.1) is 0 Å². The Morgan fingerprint density at radius 2 is 1.76 bits per heavy atom. The summed E-state index contributed by atoms with van der Waals surface area (Å²) in [6.45, 7) is 2.77. The standard InChI is InChI=1S/C33H37F3N4O6/c1-43-13-14-44-27-16-24-17-28(18-27)46-26-4-2-3-23(15-26)21-45-30-20-40(19-22-5-7-25(8-6-22)33(34,35)36)12-9-29(30)39-32(42)38-11-10-37-31(24)41/h2-8,15-18,29-30H,9-14,19-21H2,1H3,(H,37,41)(H2,38,39,42)/t29-,30-/m0/s1. The van der Waals surface area contributed by atoms with Gasteiger partial charge in [0.2, 0.25) is 0 Å². The number of nitrogens with one attached hydrogen (secondary N) is 3. The van der Waals surface area contributed by atoms with Crippen LogP contribution in [0.25, 0.3) is 0 Å². The van der Waals surface area contributed by atoms with E-state index in [1.54, 1.807) is 31.4 Å². The van der Waals surface area contributed by atoms with Gasteiger partial charge < -0.3 is 34.9 Å². The number of likely N-dealkylation sites (tertiary alicyclic amines) is 1. The van der Waals surface area contributed by atoms with Gasteiger partial charge in [-0.1, -0.05) is 24.3 Å². The number of hydrogen-bond donors (Lipinski definition) is 3. The van der Waals surface area contributed by atoms with Crippen LogP contribution in [0.15, 0.2) is 66.7 Å². The number of methoxy groups -OCH3 is 1. The number of benzene rings is 3. The third-order valence-electron chi connectivity index (χ3n) is 7.64. The zero-order valence-corrected chi connectivity index (χ0v) is 25.4. The highest BCUT2D eigenvalue weighted by atomic mass is 19.4. The van der Waals surface area contributed by atoms with Crippen molar-refractivity contribution in [2.75, 3.05) is 46.5 Å². The van der Waals surface area contributed by atoms with Crippen molar-refractivity contribution in [2.24, 2.45) is 0 Å². The lowest BCUT2D eigenvalue weighted by molar-refractivity contribution is -0.137. The van der Waals surface area contributed by atoms with Crippen molar-refractivity contribution in [1.82, 2.24) is 20.9 Å². The van der Waals surface area contributed by atoms with Crippen LogP contribution < -0.4 is 25.4 Å². The number of carbonyl (C=O) groups excluding carboxylic acids is 2. The Balaban J connectivity index is 1.33. The molecule has 0 spiro atoms. The van der Waals surface area contributed by atoms with Gasteiger partial charge in [-0.25, -0.2) is 4.79 Å². The fraction of sp³-hybridized carbons (Fsp3) is 0.394. The fourth-order valence-electron chi connectivity index (χ4n) is 5.32. The topological polar surface area (TPSA) is 110 Å². The number of ether oxygens (including phenoxy) is 4. The zero-order chi connectivity index (χ0) is 32.5. The van der Waals surface area contributed by atoms with E-state index < -0.39 is 23.9 Å². The smallest absolute Gasteiger partial charge is 0.416 e. The Morgan fingerprint density at radius 3 is 2.54 bits per heavy atom. The number of rotatable bonds is 6. The summed E-state index contributed by atoms with van der Waals surface area (Å²) in [5, 5.41) is 8.57. The molecule has 4 bridgehead atoms. The number of carbonyl (C=O) groups is 2. The second-order valence-corrected chi connectivity index (χ2v) is 11.1. The van der Waals surface area contributed by atoms with Gasteiger partial charge in [-0.05, 0) is 53.9 Å². The molecule has 2 heterocycles. The molecular weight excluding hydrogens is 605 g/mol. The summed E-state index contributed by atoms with van der Waals surface area (Å²) in [5.74, 6) is 1.02. The van der Waals surface area contributed by atoms with Crippen LogP contribution >= 0.6 is 0 Å². The fourth-order valence-corrected chi connectivity index (χ4v) is 5.32. The van der Waals surface area contributed by atoms with Gasteiger partial charge >= 0.3 is 12.2 Å². The molecule has 2 atom stereocenters. The molecule has 46 heavy (non-hydrogen) atoms. The Bertz CT molecular complexity index is 1490. The third-order valence-corrected chi connectivity index (χ3v) is 7.64. The predicted molar refractivity (Wildman–Crippen MR) is 163 cm³/mol. The zero-order valence-electron chi connectivity index (χ0n) is 25.4. The monoisotopic (exact) mass is 642 g/mol. The molecule has 3 aromatic carbocycles. The Hall–Kier alpha value is -4.33. The summed E-state index contributed by atoms with van der Waals surface area (Å²) in [4.78, 5) is 27.9. The summed E-state index contributed by atoms with van der Waals surface area (Å²) in [6, 6.07) is 16.7. The van der Waals surface area contributed by atoms with Gasteiger partial charge in [0, 0.05) is 51.5 Å². The van der Waals surface area contributed by atoms with Gasteiger partial charge in [-0.2, -0.15) is 13.2 Å². The second-order valence-electron chi connectivity index (χ2n) is 11.1. The lowest BCUT2D eigenvalue weighted by Gasteiger charge is -2.38. The van der Waals surface area contributed by atoms with Crippen LogP contribution in [0.1, 0.15) is 33.5 Å². The summed E-state index contributed by atoms with van der Waals surface area (Å²) in [7, 11) is 1.57. The third kappa shape index (κ3) is 9.35. The molecule has 2 aliphatic heterocycles. The minimum Gasteiger partial charge on any atom is -0.491 e. The molecule has 0 radical (unpaired) electrons. The molecule has 3 N–H and O–H groups in total. The molecule has 3 amide bonds. The maximum absolute atomic E-state index is 13.0. The van der Waals surface area contributed by atoms with Crippen molar-refractivity contribution in [1.29, 1.82) is 0 Å². The number of nitrogens with zero attached hydrogens (tertiary/aromatic N) is 1. The van der Waals surface area contributed by atoms with Crippen LogP contribution in [0.5, 0.6) is 17.2 Å².